The van der Waals surface area contributed by atoms with Gasteiger partial charge in [0.05, 0.1) is 15.5 Å². The van der Waals surface area contributed by atoms with Crippen LogP contribution in [0.5, 0.6) is 0 Å². The molecule has 1 fully saturated rings. The van der Waals surface area contributed by atoms with Gasteiger partial charge in [0, 0.05) is 19.0 Å². The predicted octanol–water partition coefficient (Wildman–Crippen LogP) is 3.56. The van der Waals surface area contributed by atoms with E-state index in [1.807, 2.05) is 24.5 Å². The lowest BCUT2D eigenvalue weighted by Crippen LogP contribution is -2.41. The lowest BCUT2D eigenvalue weighted by atomic mass is 9.84. The van der Waals surface area contributed by atoms with Crippen molar-refractivity contribution in [3.8, 4) is 0 Å². The molecule has 128 valence electrons. The summed E-state index contributed by atoms with van der Waals surface area (Å²) in [4.78, 5) is 12.6. The molecule has 0 saturated heterocycles. The number of benzene rings is 1. The lowest BCUT2D eigenvalue weighted by Gasteiger charge is -2.24. The van der Waals surface area contributed by atoms with Crippen molar-refractivity contribution in [2.45, 2.75) is 44.6 Å². The van der Waals surface area contributed by atoms with E-state index in [1.165, 1.54) is 12.8 Å². The number of carbonyl (C=O) groups is 1. The minimum absolute atomic E-state index is 0.0538. The summed E-state index contributed by atoms with van der Waals surface area (Å²) in [6, 6.07) is 5.29. The zero-order chi connectivity index (χ0) is 17.3. The molecule has 1 amide bonds. The molecular weight excluding hydrogens is 347 g/mol. The van der Waals surface area contributed by atoms with E-state index in [9.17, 15) is 4.79 Å². The van der Waals surface area contributed by atoms with Crippen LogP contribution in [-0.4, -0.2) is 27.2 Å². The number of amides is 1. The largest absolute Gasteiger partial charge is 0.354 e. The molecule has 2 aromatic rings. The number of halogens is 2. The summed E-state index contributed by atoms with van der Waals surface area (Å²) in [5.41, 5.74) is 0.137. The highest BCUT2D eigenvalue weighted by Gasteiger charge is 2.31. The average Bonchev–Trinajstić information content (AvgIpc) is 3.29. The minimum Gasteiger partial charge on any atom is -0.354 e. The van der Waals surface area contributed by atoms with Gasteiger partial charge in [-0.15, -0.1) is 10.2 Å². The molecule has 0 spiro atoms. The summed E-state index contributed by atoms with van der Waals surface area (Å²) < 4.78 is 2.02. The van der Waals surface area contributed by atoms with Crippen LogP contribution in [0.2, 0.25) is 10.0 Å². The van der Waals surface area contributed by atoms with Gasteiger partial charge in [-0.2, -0.15) is 0 Å². The van der Waals surface area contributed by atoms with Crippen molar-refractivity contribution in [3.05, 3.63) is 46.0 Å². The second-order valence-corrected chi connectivity index (χ2v) is 7.48. The van der Waals surface area contributed by atoms with Gasteiger partial charge in [-0.25, -0.2) is 0 Å². The highest BCUT2D eigenvalue weighted by molar-refractivity contribution is 6.42. The zero-order valence-electron chi connectivity index (χ0n) is 13.7. The number of hydrogen-bond acceptors (Lipinski definition) is 3. The standard InChI is InChI=1S/C17H20Cl2N4O/c1-17(2,12-5-6-13(18)14(19)9-12)16(24)20-7-8-23-10-21-22-15(23)11-3-4-11/h5-6,9-11H,3-4,7-8H2,1-2H3,(H,20,24). The first-order valence-corrected chi connectivity index (χ1v) is 8.76. The molecule has 0 radical (unpaired) electrons. The van der Waals surface area contributed by atoms with E-state index in [-0.39, 0.29) is 5.91 Å². The number of carbonyl (C=O) groups excluding carboxylic acids is 1. The quantitative estimate of drug-likeness (QED) is 0.849. The number of nitrogens with one attached hydrogen (secondary N) is 1. The van der Waals surface area contributed by atoms with Gasteiger partial charge in [0.2, 0.25) is 5.91 Å². The third-order valence-electron chi connectivity index (χ3n) is 4.44. The van der Waals surface area contributed by atoms with E-state index in [0.717, 1.165) is 11.4 Å². The Bertz CT molecular complexity index is 753. The van der Waals surface area contributed by atoms with Crippen LogP contribution in [0.4, 0.5) is 0 Å². The molecule has 1 heterocycles. The van der Waals surface area contributed by atoms with E-state index in [4.69, 9.17) is 23.2 Å². The maximum Gasteiger partial charge on any atom is 0.230 e. The molecule has 0 aliphatic heterocycles. The zero-order valence-corrected chi connectivity index (χ0v) is 15.2. The molecule has 1 aromatic heterocycles. The van der Waals surface area contributed by atoms with E-state index in [1.54, 1.807) is 18.5 Å². The van der Waals surface area contributed by atoms with Gasteiger partial charge >= 0.3 is 0 Å². The van der Waals surface area contributed by atoms with Gasteiger partial charge in [-0.05, 0) is 44.4 Å². The topological polar surface area (TPSA) is 59.8 Å². The van der Waals surface area contributed by atoms with E-state index >= 15 is 0 Å². The van der Waals surface area contributed by atoms with Gasteiger partial charge in [0.25, 0.3) is 0 Å². The van der Waals surface area contributed by atoms with Crippen LogP contribution in [0.1, 0.15) is 44.0 Å². The predicted molar refractivity (Wildman–Crippen MR) is 94.5 cm³/mol. The maximum atomic E-state index is 12.6. The molecule has 0 bridgehead atoms. The van der Waals surface area contributed by atoms with E-state index in [2.05, 4.69) is 15.5 Å². The van der Waals surface area contributed by atoms with Crippen molar-refractivity contribution in [1.29, 1.82) is 0 Å². The molecule has 5 nitrogen and oxygen atoms in total. The van der Waals surface area contributed by atoms with Gasteiger partial charge in [-0.1, -0.05) is 29.3 Å². The molecule has 1 aliphatic carbocycles. The minimum atomic E-state index is -0.694. The third kappa shape index (κ3) is 3.57. The Balaban J connectivity index is 1.60. The Hall–Kier alpha value is -1.59. The number of aromatic nitrogens is 3. The molecule has 1 aliphatic rings. The molecule has 0 unspecified atom stereocenters. The Morgan fingerprint density at radius 1 is 1.33 bits per heavy atom. The maximum absolute atomic E-state index is 12.6. The Morgan fingerprint density at radius 2 is 2.08 bits per heavy atom. The fourth-order valence-corrected chi connectivity index (χ4v) is 2.92. The normalized spacial score (nSPS) is 14.7. The van der Waals surface area contributed by atoms with E-state index < -0.39 is 5.41 Å². The Kier molecular flexibility index (Phi) is 4.83. The Morgan fingerprint density at radius 3 is 2.75 bits per heavy atom. The third-order valence-corrected chi connectivity index (χ3v) is 5.17. The molecule has 1 saturated carbocycles. The highest BCUT2D eigenvalue weighted by Crippen LogP contribution is 2.38. The smallest absolute Gasteiger partial charge is 0.230 e. The van der Waals surface area contributed by atoms with Crippen molar-refractivity contribution < 1.29 is 4.79 Å². The fourth-order valence-electron chi connectivity index (χ4n) is 2.62. The monoisotopic (exact) mass is 366 g/mol. The van der Waals surface area contributed by atoms with Crippen molar-refractivity contribution >= 4 is 29.1 Å². The summed E-state index contributed by atoms with van der Waals surface area (Å²) >= 11 is 12.0. The molecule has 0 atom stereocenters. The van der Waals surface area contributed by atoms with Crippen molar-refractivity contribution in [2.24, 2.45) is 0 Å². The summed E-state index contributed by atoms with van der Waals surface area (Å²) in [7, 11) is 0. The van der Waals surface area contributed by atoms with Crippen LogP contribution >= 0.6 is 23.2 Å². The van der Waals surface area contributed by atoms with Gasteiger partial charge in [0.15, 0.2) is 0 Å². The molecule has 7 heteroatoms. The molecule has 3 rings (SSSR count). The van der Waals surface area contributed by atoms with Crippen LogP contribution in [0, 0.1) is 0 Å². The van der Waals surface area contributed by atoms with Gasteiger partial charge in [0.1, 0.15) is 12.2 Å². The van der Waals surface area contributed by atoms with E-state index in [0.29, 0.717) is 29.1 Å². The first-order valence-electron chi connectivity index (χ1n) is 8.01. The summed E-state index contributed by atoms with van der Waals surface area (Å²) in [6.07, 6.45) is 4.08. The van der Waals surface area contributed by atoms with Gasteiger partial charge in [-0.3, -0.25) is 4.79 Å². The molecule has 24 heavy (non-hydrogen) atoms. The molecule has 1 N–H and O–H groups in total. The second-order valence-electron chi connectivity index (χ2n) is 6.67. The Labute approximate surface area is 151 Å². The van der Waals surface area contributed by atoms with Crippen LogP contribution in [0.3, 0.4) is 0 Å². The van der Waals surface area contributed by atoms with Gasteiger partial charge < -0.3 is 9.88 Å². The first kappa shape index (κ1) is 17.2. The van der Waals surface area contributed by atoms with Crippen LogP contribution in [0.25, 0.3) is 0 Å². The average molecular weight is 367 g/mol. The van der Waals surface area contributed by atoms with Crippen LogP contribution in [0.15, 0.2) is 24.5 Å². The van der Waals surface area contributed by atoms with Crippen LogP contribution in [-0.2, 0) is 16.8 Å². The van der Waals surface area contributed by atoms with Crippen molar-refractivity contribution in [3.63, 3.8) is 0 Å². The SMILES string of the molecule is CC(C)(C(=O)NCCn1cnnc1C1CC1)c1ccc(Cl)c(Cl)c1. The van der Waals surface area contributed by atoms with Crippen LogP contribution < -0.4 is 5.32 Å². The molecular formula is C17H20Cl2N4O. The van der Waals surface area contributed by atoms with Crippen molar-refractivity contribution in [2.75, 3.05) is 6.54 Å². The number of nitrogens with zero attached hydrogens (tertiary/aromatic N) is 3. The molecule has 1 aromatic carbocycles. The first-order chi connectivity index (χ1) is 11.4. The summed E-state index contributed by atoms with van der Waals surface area (Å²) in [6.45, 7) is 4.94. The van der Waals surface area contributed by atoms with Crippen molar-refractivity contribution in [1.82, 2.24) is 20.1 Å². The lowest BCUT2D eigenvalue weighted by molar-refractivity contribution is -0.125. The summed E-state index contributed by atoms with van der Waals surface area (Å²) in [5, 5.41) is 12.1. The second kappa shape index (κ2) is 6.73. The highest BCUT2D eigenvalue weighted by atomic mass is 35.5. The summed E-state index contributed by atoms with van der Waals surface area (Å²) in [5.74, 6) is 1.51. The number of rotatable bonds is 6. The fraction of sp³-hybridized carbons (Fsp3) is 0.471. The number of hydrogen-bond donors (Lipinski definition) is 1.